The highest BCUT2D eigenvalue weighted by Gasteiger charge is 2.25. The van der Waals surface area contributed by atoms with E-state index in [2.05, 4.69) is 20.5 Å². The minimum absolute atomic E-state index is 0.191. The van der Waals surface area contributed by atoms with Crippen LogP contribution in [0.25, 0.3) is 10.9 Å². The molecule has 2 heterocycles. The molecule has 0 spiro atoms. The molecule has 0 unspecified atom stereocenters. The number of hydrogen-bond donors (Lipinski definition) is 2. The largest absolute Gasteiger partial charge is 0.489 e. The Kier molecular flexibility index (Phi) is 6.05. The maximum Gasteiger partial charge on any atom is 0.322 e. The molecular weight excluding hydrogens is 424 g/mol. The van der Waals surface area contributed by atoms with Crippen LogP contribution >= 0.6 is 11.3 Å². The van der Waals surface area contributed by atoms with Crippen molar-refractivity contribution in [2.75, 3.05) is 6.54 Å². The summed E-state index contributed by atoms with van der Waals surface area (Å²) in [5.74, 6) is 0.491. The van der Waals surface area contributed by atoms with Crippen molar-refractivity contribution in [1.82, 2.24) is 20.5 Å². The number of nitrogens with one attached hydrogen (secondary N) is 2. The van der Waals surface area contributed by atoms with Gasteiger partial charge in [-0.25, -0.2) is 5.10 Å². The van der Waals surface area contributed by atoms with E-state index in [9.17, 15) is 9.59 Å². The number of hydrogen-bond acceptors (Lipinski definition) is 6. The van der Waals surface area contributed by atoms with Crippen LogP contribution < -0.4 is 14.9 Å². The van der Waals surface area contributed by atoms with Crippen LogP contribution in [-0.2, 0) is 12.0 Å². The lowest BCUT2D eigenvalue weighted by molar-refractivity contribution is 0.0945. The highest BCUT2D eigenvalue weighted by Crippen LogP contribution is 2.23. The quantitative estimate of drug-likeness (QED) is 0.446. The maximum absolute atomic E-state index is 12.6. The van der Waals surface area contributed by atoms with E-state index in [0.29, 0.717) is 29.5 Å². The molecule has 1 amide bonds. The molecule has 0 bridgehead atoms. The van der Waals surface area contributed by atoms with Gasteiger partial charge in [0.2, 0.25) is 0 Å². The molecule has 7 nitrogen and oxygen atoms in total. The van der Waals surface area contributed by atoms with Crippen LogP contribution in [0.3, 0.4) is 0 Å². The second kappa shape index (κ2) is 8.92. The maximum atomic E-state index is 12.6. The molecule has 0 aliphatic carbocycles. The fraction of sp³-hybridized carbons (Fsp3) is 0.250. The van der Waals surface area contributed by atoms with Gasteiger partial charge in [-0.3, -0.25) is 14.6 Å². The highest BCUT2D eigenvalue weighted by molar-refractivity contribution is 7.09. The first kappa shape index (κ1) is 21.7. The minimum atomic E-state index is -0.450. The Morgan fingerprint density at radius 3 is 2.62 bits per heavy atom. The van der Waals surface area contributed by atoms with Gasteiger partial charge in [0.1, 0.15) is 17.4 Å². The van der Waals surface area contributed by atoms with E-state index in [4.69, 9.17) is 4.74 Å². The molecule has 4 rings (SSSR count). The van der Waals surface area contributed by atoms with Crippen LogP contribution in [0.5, 0.6) is 5.75 Å². The second-order valence-corrected chi connectivity index (χ2v) is 9.20. The first-order chi connectivity index (χ1) is 15.3. The van der Waals surface area contributed by atoms with Crippen molar-refractivity contribution in [1.29, 1.82) is 0 Å². The normalized spacial score (nSPS) is 11.5. The molecule has 0 aliphatic rings. The number of amides is 1. The Morgan fingerprint density at radius 1 is 1.16 bits per heavy atom. The number of aromatic nitrogens is 3. The van der Waals surface area contributed by atoms with Crippen molar-refractivity contribution < 1.29 is 9.53 Å². The topological polar surface area (TPSA) is 97.0 Å². The van der Waals surface area contributed by atoms with Crippen molar-refractivity contribution in [3.8, 4) is 5.75 Å². The summed E-state index contributed by atoms with van der Waals surface area (Å²) in [6.07, 6.45) is 0. The number of nitrogens with zero attached hydrogens (tertiary/aromatic N) is 2. The summed E-state index contributed by atoms with van der Waals surface area (Å²) in [4.78, 5) is 28.3. The molecule has 0 atom stereocenters. The molecule has 4 aromatic rings. The van der Waals surface area contributed by atoms with E-state index >= 15 is 0 Å². The third-order valence-electron chi connectivity index (χ3n) is 5.15. The molecule has 2 aromatic carbocycles. The first-order valence-electron chi connectivity index (χ1n) is 10.2. The van der Waals surface area contributed by atoms with Crippen molar-refractivity contribution >= 4 is 28.1 Å². The van der Waals surface area contributed by atoms with Crippen LogP contribution in [0, 0.1) is 6.92 Å². The molecular formula is C24H24N4O3S. The average molecular weight is 449 g/mol. The molecule has 164 valence electrons. The average Bonchev–Trinajstić information content (AvgIpc) is 3.23. The monoisotopic (exact) mass is 448 g/mol. The fourth-order valence-electron chi connectivity index (χ4n) is 3.38. The number of para-hydroxylation sites is 1. The van der Waals surface area contributed by atoms with E-state index in [1.54, 1.807) is 24.3 Å². The molecule has 0 aliphatic heterocycles. The predicted molar refractivity (Wildman–Crippen MR) is 125 cm³/mol. The third kappa shape index (κ3) is 4.86. The summed E-state index contributed by atoms with van der Waals surface area (Å²) in [5, 5.41) is 11.1. The predicted octanol–water partition coefficient (Wildman–Crippen LogP) is 3.97. The van der Waals surface area contributed by atoms with Gasteiger partial charge in [-0.05, 0) is 43.3 Å². The third-order valence-corrected chi connectivity index (χ3v) is 6.26. The van der Waals surface area contributed by atoms with Gasteiger partial charge in [0.25, 0.3) is 5.91 Å². The fourth-order valence-corrected chi connectivity index (χ4v) is 4.08. The van der Waals surface area contributed by atoms with Gasteiger partial charge < -0.3 is 10.1 Å². The SMILES string of the molecule is Cc1cc(COc2ccc(C(=O)NCC(C)(C)c3n[nH]c(=O)s3)cc2)c2ccccc2n1. The minimum Gasteiger partial charge on any atom is -0.489 e. The van der Waals surface area contributed by atoms with Gasteiger partial charge >= 0.3 is 4.87 Å². The van der Waals surface area contributed by atoms with Gasteiger partial charge in [0.05, 0.1) is 5.52 Å². The summed E-state index contributed by atoms with van der Waals surface area (Å²) < 4.78 is 5.96. The van der Waals surface area contributed by atoms with Crippen LogP contribution in [0.15, 0.2) is 59.4 Å². The molecule has 0 saturated heterocycles. The standard InChI is InChI=1S/C24H24N4O3S/c1-15-12-17(19-6-4-5-7-20(19)26-15)13-31-18-10-8-16(9-11-18)21(29)25-14-24(2,3)22-27-28-23(30)32-22/h4-12H,13-14H2,1-3H3,(H,25,29)(H,28,30). The van der Waals surface area contributed by atoms with Crippen LogP contribution in [0.4, 0.5) is 0 Å². The van der Waals surface area contributed by atoms with E-state index < -0.39 is 5.41 Å². The summed E-state index contributed by atoms with van der Waals surface area (Å²) >= 11 is 1.06. The van der Waals surface area contributed by atoms with Crippen molar-refractivity contribution in [2.45, 2.75) is 32.8 Å². The summed E-state index contributed by atoms with van der Waals surface area (Å²) in [5.41, 5.74) is 3.04. The second-order valence-electron chi connectivity index (χ2n) is 8.24. The Hall–Kier alpha value is -3.52. The molecule has 2 N–H and O–H groups in total. The number of aromatic amines is 1. The Balaban J connectivity index is 1.38. The van der Waals surface area contributed by atoms with Gasteiger partial charge in [0, 0.05) is 34.2 Å². The molecule has 0 saturated carbocycles. The number of H-pyrrole nitrogens is 1. The van der Waals surface area contributed by atoms with E-state index in [0.717, 1.165) is 33.5 Å². The van der Waals surface area contributed by atoms with E-state index in [1.165, 1.54) is 0 Å². The number of ether oxygens (including phenoxy) is 1. The number of carbonyl (C=O) groups excluding carboxylic acids is 1. The molecule has 32 heavy (non-hydrogen) atoms. The first-order valence-corrected chi connectivity index (χ1v) is 11.1. The lowest BCUT2D eigenvalue weighted by atomic mass is 9.94. The molecule has 2 aromatic heterocycles. The zero-order valence-corrected chi connectivity index (χ0v) is 19.0. The smallest absolute Gasteiger partial charge is 0.322 e. The van der Waals surface area contributed by atoms with Gasteiger partial charge in [0.15, 0.2) is 0 Å². The number of pyridine rings is 1. The Morgan fingerprint density at radius 2 is 1.91 bits per heavy atom. The Labute approximate surface area is 189 Å². The van der Waals surface area contributed by atoms with Gasteiger partial charge in [-0.2, -0.15) is 5.10 Å². The molecule has 8 heteroatoms. The lowest BCUT2D eigenvalue weighted by Gasteiger charge is -2.21. The van der Waals surface area contributed by atoms with Gasteiger partial charge in [-0.1, -0.05) is 43.4 Å². The zero-order chi connectivity index (χ0) is 22.7. The number of benzene rings is 2. The highest BCUT2D eigenvalue weighted by atomic mass is 32.1. The number of aryl methyl sites for hydroxylation is 1. The van der Waals surface area contributed by atoms with Gasteiger partial charge in [-0.15, -0.1) is 0 Å². The van der Waals surface area contributed by atoms with E-state index in [1.807, 2.05) is 51.1 Å². The van der Waals surface area contributed by atoms with Crippen LogP contribution in [0.1, 0.15) is 40.5 Å². The molecule has 0 fully saturated rings. The summed E-state index contributed by atoms with van der Waals surface area (Å²) in [7, 11) is 0. The lowest BCUT2D eigenvalue weighted by Crippen LogP contribution is -2.36. The number of fused-ring (bicyclic) bond motifs is 1. The van der Waals surface area contributed by atoms with Crippen molar-refractivity contribution in [2.24, 2.45) is 0 Å². The number of rotatable bonds is 7. The van der Waals surface area contributed by atoms with E-state index in [-0.39, 0.29) is 10.8 Å². The molecule has 0 radical (unpaired) electrons. The van der Waals surface area contributed by atoms with Crippen LogP contribution in [0.2, 0.25) is 0 Å². The van der Waals surface area contributed by atoms with Crippen molar-refractivity contribution in [3.63, 3.8) is 0 Å². The van der Waals surface area contributed by atoms with Crippen LogP contribution in [-0.4, -0.2) is 27.6 Å². The van der Waals surface area contributed by atoms with Crippen molar-refractivity contribution in [3.05, 3.63) is 86.1 Å². The summed E-state index contributed by atoms with van der Waals surface area (Å²) in [6.45, 7) is 6.61. The zero-order valence-electron chi connectivity index (χ0n) is 18.1. The summed E-state index contributed by atoms with van der Waals surface area (Å²) in [6, 6.07) is 17.1. The number of carbonyl (C=O) groups is 1. The Bertz CT molecular complexity index is 1310.